The average molecular weight is 386 g/mol. The number of fused-ring (bicyclic) bond motifs is 1. The third kappa shape index (κ3) is 4.40. The molecular weight excluding hydrogens is 362 g/mol. The zero-order valence-corrected chi connectivity index (χ0v) is 16.4. The quantitative estimate of drug-likeness (QED) is 0.326. The fraction of sp³-hybridized carbons (Fsp3) is 0.259. The molecule has 0 atom stereocenters. The van der Waals surface area contributed by atoms with Gasteiger partial charge in [0.25, 0.3) is 0 Å². The van der Waals surface area contributed by atoms with Crippen molar-refractivity contribution in [2.24, 2.45) is 5.92 Å². The van der Waals surface area contributed by atoms with Gasteiger partial charge >= 0.3 is 0 Å². The van der Waals surface area contributed by atoms with Gasteiger partial charge in [0.15, 0.2) is 11.6 Å². The molecule has 2 heteroatoms. The molecule has 0 nitrogen and oxygen atoms in total. The molecule has 0 bridgehead atoms. The Morgan fingerprint density at radius 1 is 0.897 bits per heavy atom. The van der Waals surface area contributed by atoms with Crippen LogP contribution in [0, 0.1) is 29.4 Å². The Morgan fingerprint density at radius 2 is 1.62 bits per heavy atom. The molecular formula is C27H24F2. The average Bonchev–Trinajstić information content (AvgIpc) is 2.74. The Hall–Kier alpha value is -2.92. The van der Waals surface area contributed by atoms with E-state index >= 15 is 0 Å². The van der Waals surface area contributed by atoms with E-state index in [9.17, 15) is 8.78 Å². The largest absolute Gasteiger partial charge is 0.204 e. The number of hydrogen-bond donors (Lipinski definition) is 0. The van der Waals surface area contributed by atoms with Crippen LogP contribution in [-0.2, 0) is 0 Å². The van der Waals surface area contributed by atoms with Crippen molar-refractivity contribution < 1.29 is 8.78 Å². The summed E-state index contributed by atoms with van der Waals surface area (Å²) in [4.78, 5) is 0. The third-order valence-electron chi connectivity index (χ3n) is 5.99. The maximum Gasteiger partial charge on any atom is 0.159 e. The van der Waals surface area contributed by atoms with E-state index in [1.807, 2.05) is 18.2 Å². The van der Waals surface area contributed by atoms with Crippen molar-refractivity contribution in [1.29, 1.82) is 0 Å². The normalized spacial score (nSPS) is 18.8. The minimum absolute atomic E-state index is 0.631. The topological polar surface area (TPSA) is 0 Å². The van der Waals surface area contributed by atoms with E-state index in [4.69, 9.17) is 0 Å². The molecule has 3 aromatic rings. The van der Waals surface area contributed by atoms with E-state index < -0.39 is 11.6 Å². The molecule has 0 aliphatic heterocycles. The van der Waals surface area contributed by atoms with Crippen LogP contribution in [0.2, 0.25) is 0 Å². The highest BCUT2D eigenvalue weighted by Crippen LogP contribution is 2.37. The van der Waals surface area contributed by atoms with Crippen LogP contribution >= 0.6 is 0 Å². The van der Waals surface area contributed by atoms with Crippen molar-refractivity contribution in [3.8, 4) is 11.8 Å². The summed E-state index contributed by atoms with van der Waals surface area (Å²) < 4.78 is 27.1. The van der Waals surface area contributed by atoms with Gasteiger partial charge in [-0.2, -0.15) is 0 Å². The van der Waals surface area contributed by atoms with Gasteiger partial charge in [0.1, 0.15) is 0 Å². The Morgan fingerprint density at radius 3 is 2.34 bits per heavy atom. The molecule has 0 heterocycles. The Labute approximate surface area is 171 Å². The minimum Gasteiger partial charge on any atom is -0.204 e. The fourth-order valence-electron chi connectivity index (χ4n) is 4.33. The van der Waals surface area contributed by atoms with E-state index in [2.05, 4.69) is 42.7 Å². The van der Waals surface area contributed by atoms with Gasteiger partial charge < -0.3 is 0 Å². The summed E-state index contributed by atoms with van der Waals surface area (Å²) >= 11 is 0. The number of halogens is 2. The predicted octanol–water partition coefficient (Wildman–Crippen LogP) is 7.37. The molecule has 0 amide bonds. The van der Waals surface area contributed by atoms with E-state index in [-0.39, 0.29) is 0 Å². The molecule has 1 aliphatic rings. The predicted molar refractivity (Wildman–Crippen MR) is 116 cm³/mol. The van der Waals surface area contributed by atoms with Gasteiger partial charge in [0.05, 0.1) is 0 Å². The lowest BCUT2D eigenvalue weighted by Crippen LogP contribution is -2.12. The third-order valence-corrected chi connectivity index (χ3v) is 5.99. The molecule has 146 valence electrons. The van der Waals surface area contributed by atoms with E-state index in [1.165, 1.54) is 43.4 Å². The maximum absolute atomic E-state index is 13.7. The second kappa shape index (κ2) is 8.62. The Bertz CT molecular complexity index is 1080. The first-order valence-corrected chi connectivity index (χ1v) is 10.2. The smallest absolute Gasteiger partial charge is 0.159 e. The van der Waals surface area contributed by atoms with Crippen molar-refractivity contribution >= 4 is 10.8 Å². The number of allylic oxidation sites excluding steroid dienone is 1. The van der Waals surface area contributed by atoms with E-state index in [0.717, 1.165) is 17.9 Å². The monoisotopic (exact) mass is 386 g/mol. The van der Waals surface area contributed by atoms with Crippen LogP contribution in [0.1, 0.15) is 54.7 Å². The van der Waals surface area contributed by atoms with E-state index in [0.29, 0.717) is 22.3 Å². The standard InChI is InChI=1S/C27H24F2/c1-2-4-19-7-12-21(13-8-19)22-14-9-20(10-15-22)11-16-23-5-3-6-24-17-26(28)27(29)18-25(23)24/h2-3,5-6,9-10,14-15,17-19,21H,1,4,7-8,12-13H2. The molecule has 4 rings (SSSR count). The van der Waals surface area contributed by atoms with Crippen LogP contribution in [-0.4, -0.2) is 0 Å². The number of rotatable bonds is 3. The summed E-state index contributed by atoms with van der Waals surface area (Å²) in [6, 6.07) is 16.3. The highest BCUT2D eigenvalue weighted by Gasteiger charge is 2.21. The lowest BCUT2D eigenvalue weighted by atomic mass is 9.77. The van der Waals surface area contributed by atoms with Gasteiger partial charge in [-0.15, -0.1) is 6.58 Å². The molecule has 3 aromatic carbocycles. The summed E-state index contributed by atoms with van der Waals surface area (Å²) in [5.41, 5.74) is 3.01. The lowest BCUT2D eigenvalue weighted by molar-refractivity contribution is 0.328. The zero-order chi connectivity index (χ0) is 20.2. The lowest BCUT2D eigenvalue weighted by Gasteiger charge is -2.28. The molecule has 29 heavy (non-hydrogen) atoms. The summed E-state index contributed by atoms with van der Waals surface area (Å²) in [6.07, 6.45) is 8.20. The molecule has 0 aromatic heterocycles. The van der Waals surface area contributed by atoms with Crippen molar-refractivity contribution in [3.63, 3.8) is 0 Å². The van der Waals surface area contributed by atoms with Crippen molar-refractivity contribution in [1.82, 2.24) is 0 Å². The van der Waals surface area contributed by atoms with Crippen molar-refractivity contribution in [3.05, 3.63) is 95.6 Å². The minimum atomic E-state index is -0.848. The first-order chi connectivity index (χ1) is 14.1. The van der Waals surface area contributed by atoms with Gasteiger partial charge in [-0.05, 0) is 85.2 Å². The Balaban J connectivity index is 1.51. The molecule has 0 spiro atoms. The molecule has 1 fully saturated rings. The highest BCUT2D eigenvalue weighted by molar-refractivity contribution is 5.88. The molecule has 0 saturated heterocycles. The van der Waals surface area contributed by atoms with Crippen molar-refractivity contribution in [2.45, 2.75) is 38.0 Å². The van der Waals surface area contributed by atoms with Crippen LogP contribution in [0.25, 0.3) is 10.8 Å². The first kappa shape index (κ1) is 19.4. The second-order valence-electron chi connectivity index (χ2n) is 7.91. The van der Waals surface area contributed by atoms with Gasteiger partial charge in [0.2, 0.25) is 0 Å². The number of hydrogen-bond acceptors (Lipinski definition) is 0. The maximum atomic E-state index is 13.7. The van der Waals surface area contributed by atoms with Gasteiger partial charge in [-0.3, -0.25) is 0 Å². The summed E-state index contributed by atoms with van der Waals surface area (Å²) in [6.45, 7) is 3.86. The molecule has 0 radical (unpaired) electrons. The summed E-state index contributed by atoms with van der Waals surface area (Å²) in [7, 11) is 0. The molecule has 1 aliphatic carbocycles. The zero-order valence-electron chi connectivity index (χ0n) is 16.4. The first-order valence-electron chi connectivity index (χ1n) is 10.2. The van der Waals surface area contributed by atoms with Crippen LogP contribution in [0.4, 0.5) is 8.78 Å². The van der Waals surface area contributed by atoms with Gasteiger partial charge in [-0.25, -0.2) is 8.78 Å². The molecule has 0 unspecified atom stereocenters. The summed E-state index contributed by atoms with van der Waals surface area (Å²) in [5.74, 6) is 6.03. The van der Waals surface area contributed by atoms with Crippen LogP contribution in [0.3, 0.4) is 0 Å². The highest BCUT2D eigenvalue weighted by atomic mass is 19.2. The number of benzene rings is 3. The molecule has 1 saturated carbocycles. The van der Waals surface area contributed by atoms with E-state index in [1.54, 1.807) is 6.07 Å². The SMILES string of the molecule is C=CCC1CCC(c2ccc(C#Cc3cccc4cc(F)c(F)cc34)cc2)CC1. The van der Waals surface area contributed by atoms with Crippen LogP contribution in [0.5, 0.6) is 0 Å². The Kier molecular flexibility index (Phi) is 5.76. The van der Waals surface area contributed by atoms with Crippen LogP contribution in [0.15, 0.2) is 67.3 Å². The molecule has 0 N–H and O–H groups in total. The second-order valence-corrected chi connectivity index (χ2v) is 7.91. The van der Waals surface area contributed by atoms with Crippen molar-refractivity contribution in [2.75, 3.05) is 0 Å². The fourth-order valence-corrected chi connectivity index (χ4v) is 4.33. The summed E-state index contributed by atoms with van der Waals surface area (Å²) in [5, 5.41) is 1.28. The van der Waals surface area contributed by atoms with Gasteiger partial charge in [-0.1, -0.05) is 42.2 Å². The van der Waals surface area contributed by atoms with Gasteiger partial charge in [0, 0.05) is 16.5 Å². The van der Waals surface area contributed by atoms with Crippen LogP contribution < -0.4 is 0 Å².